The first-order valence-corrected chi connectivity index (χ1v) is 6.59. The molecule has 5 heteroatoms. The molecule has 0 aliphatic heterocycles. The number of para-hydroxylation sites is 1. The van der Waals surface area contributed by atoms with Gasteiger partial charge in [-0.15, -0.1) is 0 Å². The molecule has 0 aliphatic rings. The van der Waals surface area contributed by atoms with Gasteiger partial charge >= 0.3 is 0 Å². The number of nitrogens with zero attached hydrogens (tertiary/aromatic N) is 1. The normalized spacial score (nSPS) is 10.9. The van der Waals surface area contributed by atoms with E-state index in [4.69, 9.17) is 10.5 Å². The number of thiazole rings is 1. The van der Waals surface area contributed by atoms with Gasteiger partial charge in [0.2, 0.25) is 0 Å². The largest absolute Gasteiger partial charge is 0.380 e. The molecule has 0 fully saturated rings. The van der Waals surface area contributed by atoms with Crippen LogP contribution in [0.15, 0.2) is 24.3 Å². The molecule has 1 aromatic carbocycles. The van der Waals surface area contributed by atoms with Gasteiger partial charge in [0.25, 0.3) is 0 Å². The Morgan fingerprint density at radius 2 is 2.18 bits per heavy atom. The maximum atomic E-state index is 5.33. The predicted molar refractivity (Wildman–Crippen MR) is 72.6 cm³/mol. The molecule has 0 bridgehead atoms. The number of nitrogens with one attached hydrogen (secondary N) is 1. The van der Waals surface area contributed by atoms with Gasteiger partial charge in [-0.2, -0.15) is 0 Å². The Balaban J connectivity index is 1.75. The number of fused-ring (bicyclic) bond motifs is 1. The summed E-state index contributed by atoms with van der Waals surface area (Å²) in [6, 6.07) is 8.15. The quantitative estimate of drug-likeness (QED) is 0.740. The third-order valence-electron chi connectivity index (χ3n) is 2.30. The number of nitrogens with two attached hydrogens (primary N) is 1. The van der Waals surface area contributed by atoms with Crippen LogP contribution in [0.25, 0.3) is 10.2 Å². The van der Waals surface area contributed by atoms with Gasteiger partial charge in [0.1, 0.15) is 0 Å². The van der Waals surface area contributed by atoms with Crippen LogP contribution in [0.3, 0.4) is 0 Å². The maximum absolute atomic E-state index is 5.33. The van der Waals surface area contributed by atoms with E-state index in [1.807, 2.05) is 18.2 Å². The zero-order valence-electron chi connectivity index (χ0n) is 9.69. The highest BCUT2D eigenvalue weighted by Gasteiger charge is 2.01. The van der Waals surface area contributed by atoms with Gasteiger partial charge < -0.3 is 15.8 Å². The van der Waals surface area contributed by atoms with Crippen LogP contribution in [0.5, 0.6) is 0 Å². The third kappa shape index (κ3) is 3.66. The monoisotopic (exact) mass is 251 g/mol. The molecular formula is C12H17N3OS. The molecule has 2 rings (SSSR count). The second-order valence-electron chi connectivity index (χ2n) is 3.67. The molecule has 0 saturated heterocycles. The number of hydrogen-bond acceptors (Lipinski definition) is 5. The Kier molecular flexibility index (Phi) is 4.73. The molecule has 92 valence electrons. The first kappa shape index (κ1) is 12.3. The summed E-state index contributed by atoms with van der Waals surface area (Å²) in [5.74, 6) is 0. The summed E-state index contributed by atoms with van der Waals surface area (Å²) in [5.41, 5.74) is 6.38. The molecule has 17 heavy (non-hydrogen) atoms. The second-order valence-corrected chi connectivity index (χ2v) is 4.70. The summed E-state index contributed by atoms with van der Waals surface area (Å²) in [6.45, 7) is 2.85. The van der Waals surface area contributed by atoms with Crippen LogP contribution in [0.1, 0.15) is 6.42 Å². The van der Waals surface area contributed by atoms with Gasteiger partial charge in [-0.05, 0) is 18.6 Å². The van der Waals surface area contributed by atoms with Crippen molar-refractivity contribution in [3.05, 3.63) is 24.3 Å². The molecule has 3 N–H and O–H groups in total. The van der Waals surface area contributed by atoms with Gasteiger partial charge in [0.05, 0.1) is 16.8 Å². The molecule has 0 radical (unpaired) electrons. The molecule has 0 amide bonds. The van der Waals surface area contributed by atoms with Crippen molar-refractivity contribution < 1.29 is 4.74 Å². The number of rotatable bonds is 7. The lowest BCUT2D eigenvalue weighted by molar-refractivity contribution is 0.141. The summed E-state index contributed by atoms with van der Waals surface area (Å²) in [5, 5.41) is 4.28. The predicted octanol–water partition coefficient (Wildman–Crippen LogP) is 2.07. The average molecular weight is 251 g/mol. The van der Waals surface area contributed by atoms with Gasteiger partial charge in [0, 0.05) is 19.7 Å². The lowest BCUT2D eigenvalue weighted by Gasteiger charge is -2.03. The van der Waals surface area contributed by atoms with Crippen LogP contribution in [-0.2, 0) is 4.74 Å². The third-order valence-corrected chi connectivity index (χ3v) is 3.29. The summed E-state index contributed by atoms with van der Waals surface area (Å²) in [7, 11) is 0. The van der Waals surface area contributed by atoms with E-state index in [-0.39, 0.29) is 0 Å². The van der Waals surface area contributed by atoms with E-state index in [2.05, 4.69) is 16.4 Å². The first-order chi connectivity index (χ1) is 8.40. The first-order valence-electron chi connectivity index (χ1n) is 5.77. The van der Waals surface area contributed by atoms with E-state index < -0.39 is 0 Å². The van der Waals surface area contributed by atoms with Gasteiger partial charge in [-0.1, -0.05) is 23.5 Å². The lowest BCUT2D eigenvalue weighted by Crippen LogP contribution is -2.11. The Bertz CT molecular complexity index is 425. The summed E-state index contributed by atoms with van der Waals surface area (Å²) in [4.78, 5) is 4.49. The van der Waals surface area contributed by atoms with E-state index >= 15 is 0 Å². The Morgan fingerprint density at radius 1 is 1.29 bits per heavy atom. The number of aromatic nitrogens is 1. The average Bonchev–Trinajstić information content (AvgIpc) is 2.76. The number of ether oxygens (including phenoxy) is 1. The van der Waals surface area contributed by atoms with Crippen LogP contribution in [0, 0.1) is 0 Å². The standard InChI is InChI=1S/C12H17N3OS/c13-6-9-16-8-3-7-14-12-15-10-4-1-2-5-11(10)17-12/h1-2,4-5H,3,6-9,13H2,(H,14,15). The maximum Gasteiger partial charge on any atom is 0.183 e. The van der Waals surface area contributed by atoms with Crippen molar-refractivity contribution in [2.24, 2.45) is 5.73 Å². The SMILES string of the molecule is NCCOCCCNc1nc2ccccc2s1. The minimum absolute atomic E-state index is 0.589. The summed E-state index contributed by atoms with van der Waals surface area (Å²) < 4.78 is 6.51. The molecule has 1 heterocycles. The zero-order chi connectivity index (χ0) is 11.9. The molecule has 0 unspecified atom stereocenters. The van der Waals surface area contributed by atoms with Crippen LogP contribution in [0.2, 0.25) is 0 Å². The molecule has 4 nitrogen and oxygen atoms in total. The highest BCUT2D eigenvalue weighted by atomic mass is 32.1. The number of hydrogen-bond donors (Lipinski definition) is 2. The number of benzene rings is 1. The highest BCUT2D eigenvalue weighted by molar-refractivity contribution is 7.22. The van der Waals surface area contributed by atoms with Crippen molar-refractivity contribution in [1.29, 1.82) is 0 Å². The fourth-order valence-electron chi connectivity index (χ4n) is 1.50. The van der Waals surface area contributed by atoms with Crippen molar-refractivity contribution in [2.75, 3.05) is 31.6 Å². The van der Waals surface area contributed by atoms with Crippen molar-refractivity contribution >= 4 is 26.7 Å². The van der Waals surface area contributed by atoms with Crippen molar-refractivity contribution in [3.8, 4) is 0 Å². The fraction of sp³-hybridized carbons (Fsp3) is 0.417. The fourth-order valence-corrected chi connectivity index (χ4v) is 2.39. The molecular weight excluding hydrogens is 234 g/mol. The minimum atomic E-state index is 0.589. The van der Waals surface area contributed by atoms with Crippen molar-refractivity contribution in [3.63, 3.8) is 0 Å². The van der Waals surface area contributed by atoms with Crippen LogP contribution < -0.4 is 11.1 Å². The van der Waals surface area contributed by atoms with E-state index in [0.29, 0.717) is 13.2 Å². The molecule has 0 saturated carbocycles. The Morgan fingerprint density at radius 3 is 3.00 bits per heavy atom. The lowest BCUT2D eigenvalue weighted by atomic mass is 10.3. The van der Waals surface area contributed by atoms with Gasteiger partial charge in [-0.3, -0.25) is 0 Å². The van der Waals surface area contributed by atoms with E-state index in [0.717, 1.165) is 30.2 Å². The van der Waals surface area contributed by atoms with Crippen molar-refractivity contribution in [1.82, 2.24) is 4.98 Å². The van der Waals surface area contributed by atoms with Crippen LogP contribution in [-0.4, -0.2) is 31.3 Å². The van der Waals surface area contributed by atoms with E-state index in [9.17, 15) is 0 Å². The Labute approximate surface area is 105 Å². The summed E-state index contributed by atoms with van der Waals surface area (Å²) in [6.07, 6.45) is 0.968. The molecule has 1 aromatic heterocycles. The van der Waals surface area contributed by atoms with E-state index in [1.165, 1.54) is 4.70 Å². The zero-order valence-corrected chi connectivity index (χ0v) is 10.5. The van der Waals surface area contributed by atoms with Gasteiger partial charge in [0.15, 0.2) is 5.13 Å². The smallest absolute Gasteiger partial charge is 0.183 e. The van der Waals surface area contributed by atoms with Crippen molar-refractivity contribution in [2.45, 2.75) is 6.42 Å². The molecule has 0 spiro atoms. The molecule has 2 aromatic rings. The highest BCUT2D eigenvalue weighted by Crippen LogP contribution is 2.25. The molecule has 0 aliphatic carbocycles. The van der Waals surface area contributed by atoms with Crippen LogP contribution in [0.4, 0.5) is 5.13 Å². The topological polar surface area (TPSA) is 60.2 Å². The van der Waals surface area contributed by atoms with Gasteiger partial charge in [-0.25, -0.2) is 4.98 Å². The Hall–Kier alpha value is -1.17. The minimum Gasteiger partial charge on any atom is -0.380 e. The summed E-state index contributed by atoms with van der Waals surface area (Å²) >= 11 is 1.68. The van der Waals surface area contributed by atoms with Crippen LogP contribution >= 0.6 is 11.3 Å². The second kappa shape index (κ2) is 6.54. The van der Waals surface area contributed by atoms with E-state index in [1.54, 1.807) is 11.3 Å². The molecule has 0 atom stereocenters. The number of anilines is 1.